The van der Waals surface area contributed by atoms with Crippen LogP contribution in [0.1, 0.15) is 18.4 Å². The smallest absolute Gasteiger partial charge is 0.228 e. The first-order valence-electron chi connectivity index (χ1n) is 8.23. The molecule has 3 aromatic rings. The molecule has 0 bridgehead atoms. The van der Waals surface area contributed by atoms with Crippen LogP contribution in [0.4, 0.5) is 5.69 Å². The van der Waals surface area contributed by atoms with E-state index in [9.17, 15) is 5.11 Å². The molecule has 1 aromatic heterocycles. The van der Waals surface area contributed by atoms with Crippen molar-refractivity contribution in [3.63, 3.8) is 0 Å². The molecular formula is C19H18ClN2OS. The zero-order valence-corrected chi connectivity index (χ0v) is 14.8. The number of nitrogens with zero attached hydrogens (tertiary/aromatic N) is 2. The maximum Gasteiger partial charge on any atom is 0.228 e. The van der Waals surface area contributed by atoms with Crippen LogP contribution in [0, 0.1) is 5.92 Å². The minimum absolute atomic E-state index is 0.0740. The van der Waals surface area contributed by atoms with Crippen molar-refractivity contribution in [3.05, 3.63) is 52.5 Å². The van der Waals surface area contributed by atoms with E-state index in [1.807, 2.05) is 24.3 Å². The third-order valence-electron chi connectivity index (χ3n) is 4.83. The molecule has 0 N–H and O–H groups in total. The SMILES string of the molecule is [O]c1c(N2CCC(Cc3ccc(Cl)cc3)CC2)ccc2scnc12. The Balaban J connectivity index is 1.43. The predicted octanol–water partition coefficient (Wildman–Crippen LogP) is 5.55. The third-order valence-corrected chi connectivity index (χ3v) is 5.87. The number of benzene rings is 2. The second-order valence-electron chi connectivity index (χ2n) is 6.37. The van der Waals surface area contributed by atoms with Crippen molar-refractivity contribution in [2.75, 3.05) is 18.0 Å². The third kappa shape index (κ3) is 3.08. The topological polar surface area (TPSA) is 36.0 Å². The average molecular weight is 358 g/mol. The van der Waals surface area contributed by atoms with Crippen molar-refractivity contribution in [3.8, 4) is 5.75 Å². The minimum atomic E-state index is 0.0740. The van der Waals surface area contributed by atoms with Crippen LogP contribution < -0.4 is 4.90 Å². The van der Waals surface area contributed by atoms with Gasteiger partial charge in [0, 0.05) is 18.1 Å². The molecule has 1 saturated heterocycles. The number of anilines is 1. The van der Waals surface area contributed by atoms with Gasteiger partial charge in [-0.25, -0.2) is 4.98 Å². The van der Waals surface area contributed by atoms with E-state index in [0.717, 1.165) is 47.8 Å². The van der Waals surface area contributed by atoms with Crippen LogP contribution in [0.15, 0.2) is 41.9 Å². The van der Waals surface area contributed by atoms with Gasteiger partial charge in [0.2, 0.25) is 5.75 Å². The van der Waals surface area contributed by atoms with Crippen molar-refractivity contribution in [2.45, 2.75) is 19.3 Å². The predicted molar refractivity (Wildman–Crippen MR) is 99.8 cm³/mol. The Morgan fingerprint density at radius 3 is 2.62 bits per heavy atom. The summed E-state index contributed by atoms with van der Waals surface area (Å²) in [6, 6.07) is 12.1. The Labute approximate surface area is 150 Å². The van der Waals surface area contributed by atoms with Gasteiger partial charge in [-0.15, -0.1) is 11.3 Å². The molecule has 3 nitrogen and oxygen atoms in total. The van der Waals surface area contributed by atoms with E-state index in [4.69, 9.17) is 11.6 Å². The molecule has 2 heterocycles. The van der Waals surface area contributed by atoms with Crippen molar-refractivity contribution in [1.29, 1.82) is 0 Å². The molecule has 0 saturated carbocycles. The van der Waals surface area contributed by atoms with Crippen LogP contribution in [0.3, 0.4) is 0 Å². The normalized spacial score (nSPS) is 16.0. The number of piperidine rings is 1. The summed E-state index contributed by atoms with van der Waals surface area (Å²) in [6.07, 6.45) is 3.30. The molecule has 0 unspecified atom stereocenters. The molecule has 1 aliphatic heterocycles. The Hall–Kier alpha value is -1.78. The summed E-state index contributed by atoms with van der Waals surface area (Å²) in [6.45, 7) is 1.87. The molecule has 1 aliphatic rings. The van der Waals surface area contributed by atoms with Gasteiger partial charge in [-0.2, -0.15) is 0 Å². The molecule has 0 amide bonds. The fraction of sp³-hybridized carbons (Fsp3) is 0.316. The molecule has 1 fully saturated rings. The van der Waals surface area contributed by atoms with Crippen molar-refractivity contribution in [2.24, 2.45) is 5.92 Å². The summed E-state index contributed by atoms with van der Waals surface area (Å²) >= 11 is 7.47. The molecule has 0 aliphatic carbocycles. The highest BCUT2D eigenvalue weighted by atomic mass is 35.5. The van der Waals surface area contributed by atoms with E-state index in [-0.39, 0.29) is 5.75 Å². The Bertz CT molecular complexity index is 838. The van der Waals surface area contributed by atoms with Gasteiger partial charge in [-0.05, 0) is 55.0 Å². The highest BCUT2D eigenvalue weighted by Crippen LogP contribution is 2.38. The molecular weight excluding hydrogens is 340 g/mol. The van der Waals surface area contributed by atoms with Crippen molar-refractivity contribution in [1.82, 2.24) is 4.98 Å². The molecule has 0 spiro atoms. The summed E-state index contributed by atoms with van der Waals surface area (Å²) in [4.78, 5) is 6.44. The quantitative estimate of drug-likeness (QED) is 0.615. The van der Waals surface area contributed by atoms with Gasteiger partial charge >= 0.3 is 0 Å². The average Bonchev–Trinajstić information content (AvgIpc) is 3.08. The summed E-state index contributed by atoms with van der Waals surface area (Å²) in [5.41, 5.74) is 4.50. The maximum absolute atomic E-state index is 12.6. The maximum atomic E-state index is 12.6. The fourth-order valence-corrected chi connectivity index (χ4v) is 4.28. The first kappa shape index (κ1) is 15.7. The van der Waals surface area contributed by atoms with E-state index in [1.54, 1.807) is 5.51 Å². The van der Waals surface area contributed by atoms with Crippen LogP contribution in [0.5, 0.6) is 5.75 Å². The van der Waals surface area contributed by atoms with Crippen LogP contribution in [-0.2, 0) is 11.5 Å². The molecule has 4 rings (SSSR count). The molecule has 5 heteroatoms. The largest absolute Gasteiger partial charge is 0.368 e. The van der Waals surface area contributed by atoms with Crippen molar-refractivity contribution >= 4 is 38.8 Å². The Morgan fingerprint density at radius 2 is 1.88 bits per heavy atom. The van der Waals surface area contributed by atoms with Gasteiger partial charge < -0.3 is 4.90 Å². The summed E-state index contributed by atoms with van der Waals surface area (Å²) in [5.74, 6) is 0.741. The molecule has 1 radical (unpaired) electrons. The van der Waals surface area contributed by atoms with Crippen LogP contribution >= 0.6 is 22.9 Å². The lowest BCUT2D eigenvalue weighted by molar-refractivity contribution is 0.353. The van der Waals surface area contributed by atoms with Gasteiger partial charge in [0.25, 0.3) is 0 Å². The summed E-state index contributed by atoms with van der Waals surface area (Å²) in [7, 11) is 0. The van der Waals surface area contributed by atoms with E-state index in [0.29, 0.717) is 11.4 Å². The number of halogens is 1. The number of hydrogen-bond donors (Lipinski definition) is 0. The van der Waals surface area contributed by atoms with E-state index < -0.39 is 0 Å². The van der Waals surface area contributed by atoms with Gasteiger partial charge in [-0.3, -0.25) is 5.11 Å². The number of hydrogen-bond acceptors (Lipinski definition) is 3. The van der Waals surface area contributed by atoms with Crippen molar-refractivity contribution < 1.29 is 5.11 Å². The lowest BCUT2D eigenvalue weighted by atomic mass is 9.90. The standard InChI is InChI=1S/C19H18ClN2OS/c20-15-3-1-13(2-4-15)11-14-7-9-22(10-8-14)16-5-6-17-18(19(16)23)21-12-24-17/h1-6,12,14H,7-11H2. The lowest BCUT2D eigenvalue weighted by Crippen LogP contribution is -2.34. The van der Waals surface area contributed by atoms with Crippen LogP contribution in [0.25, 0.3) is 10.2 Å². The van der Waals surface area contributed by atoms with E-state index in [2.05, 4.69) is 22.0 Å². The Kier molecular flexibility index (Phi) is 4.33. The number of fused-ring (bicyclic) bond motifs is 1. The van der Waals surface area contributed by atoms with Gasteiger partial charge in [0.1, 0.15) is 5.52 Å². The number of aromatic nitrogens is 1. The second-order valence-corrected chi connectivity index (χ2v) is 7.70. The monoisotopic (exact) mass is 357 g/mol. The zero-order valence-electron chi connectivity index (χ0n) is 13.2. The van der Waals surface area contributed by atoms with Gasteiger partial charge in [0.15, 0.2) is 0 Å². The first-order valence-corrected chi connectivity index (χ1v) is 9.49. The molecule has 0 atom stereocenters. The summed E-state index contributed by atoms with van der Waals surface area (Å²) in [5, 5.41) is 13.4. The second kappa shape index (κ2) is 6.61. The molecule has 123 valence electrons. The van der Waals surface area contributed by atoms with Crippen LogP contribution in [0.2, 0.25) is 5.02 Å². The molecule has 2 aromatic carbocycles. The van der Waals surface area contributed by atoms with Gasteiger partial charge in [0.05, 0.1) is 15.9 Å². The van der Waals surface area contributed by atoms with Gasteiger partial charge in [-0.1, -0.05) is 23.7 Å². The minimum Gasteiger partial charge on any atom is -0.368 e. The van der Waals surface area contributed by atoms with E-state index >= 15 is 0 Å². The lowest BCUT2D eigenvalue weighted by Gasteiger charge is -2.33. The zero-order chi connectivity index (χ0) is 16.5. The summed E-state index contributed by atoms with van der Waals surface area (Å²) < 4.78 is 0.973. The fourth-order valence-electron chi connectivity index (χ4n) is 3.48. The number of thiazole rings is 1. The van der Waals surface area contributed by atoms with E-state index in [1.165, 1.54) is 16.9 Å². The first-order chi connectivity index (χ1) is 11.7. The highest BCUT2D eigenvalue weighted by Gasteiger charge is 2.23. The number of rotatable bonds is 3. The highest BCUT2D eigenvalue weighted by molar-refractivity contribution is 7.16. The Morgan fingerprint density at radius 1 is 1.12 bits per heavy atom. The molecule has 24 heavy (non-hydrogen) atoms. The van der Waals surface area contributed by atoms with Crippen LogP contribution in [-0.4, -0.2) is 18.1 Å².